The molecule has 0 amide bonds. The Labute approximate surface area is 192 Å². The molecule has 6 rings (SSSR count). The molecule has 6 nitrogen and oxygen atoms in total. The molecular weight excluding hydrogens is 426 g/mol. The first kappa shape index (κ1) is 21.3. The number of aromatic amines is 2. The van der Waals surface area contributed by atoms with Crippen LogP contribution in [0.2, 0.25) is 0 Å². The van der Waals surface area contributed by atoms with Crippen LogP contribution in [0.25, 0.3) is 11.0 Å². The Morgan fingerprint density at radius 3 is 2.22 bits per heavy atom. The minimum atomic E-state index is -0.418. The molecule has 1 aliphatic carbocycles. The highest BCUT2D eigenvalue weighted by Gasteiger charge is 2.44. The summed E-state index contributed by atoms with van der Waals surface area (Å²) in [6, 6.07) is 13.0. The van der Waals surface area contributed by atoms with Crippen LogP contribution in [0.5, 0.6) is 5.75 Å². The van der Waals surface area contributed by atoms with Gasteiger partial charge in [-0.1, -0.05) is 24.3 Å². The molecule has 2 aliphatic heterocycles. The number of ketones is 1. The molecule has 0 radical (unpaired) electrons. The number of hydrogen-bond donors (Lipinski definition) is 2. The van der Waals surface area contributed by atoms with Gasteiger partial charge in [0.25, 0.3) is 0 Å². The first-order chi connectivity index (χ1) is 15.1. The summed E-state index contributed by atoms with van der Waals surface area (Å²) in [5.74, 6) is 0.723. The number of rotatable bonds is 1. The number of benzene rings is 2. The average molecular weight is 454 g/mol. The molecule has 3 aromatic rings. The van der Waals surface area contributed by atoms with Gasteiger partial charge in [-0.15, -0.1) is 12.4 Å². The van der Waals surface area contributed by atoms with Gasteiger partial charge in [-0.05, 0) is 42.9 Å². The smallest absolute Gasteiger partial charge is 0.323 e. The second-order valence-corrected chi connectivity index (χ2v) is 9.39. The number of Topliss-reactive ketones (excluding diaryl/α,β-unsaturated/α-hetero) is 1. The molecule has 1 saturated heterocycles. The van der Waals surface area contributed by atoms with E-state index >= 15 is 0 Å². The van der Waals surface area contributed by atoms with Crippen LogP contribution in [-0.4, -0.2) is 45.4 Å². The maximum Gasteiger partial charge on any atom is 0.323 e. The van der Waals surface area contributed by atoms with E-state index in [1.54, 1.807) is 12.1 Å². The zero-order chi connectivity index (χ0) is 21.0. The molecule has 0 saturated carbocycles. The number of piperidine rings is 1. The third kappa shape index (κ3) is 3.65. The fourth-order valence-electron chi connectivity index (χ4n) is 5.80. The third-order valence-electron chi connectivity index (χ3n) is 7.56. The average Bonchev–Trinajstić information content (AvgIpc) is 2.99. The number of likely N-dealkylation sites (tertiary alicyclic amines) is 1. The predicted molar refractivity (Wildman–Crippen MR) is 126 cm³/mol. The summed E-state index contributed by atoms with van der Waals surface area (Å²) in [5, 5.41) is 0. The largest absolute Gasteiger partial charge is 0.486 e. The highest BCUT2D eigenvalue weighted by Crippen LogP contribution is 2.41. The van der Waals surface area contributed by atoms with Crippen molar-refractivity contribution in [3.05, 3.63) is 63.6 Å². The van der Waals surface area contributed by atoms with Crippen molar-refractivity contribution in [1.29, 1.82) is 0 Å². The topological polar surface area (TPSA) is 78.2 Å². The SMILES string of the molecule is Cl.O=C1CC2(CCN(C3CCc4ccccc4CC3)CC2)Oc2cc3[nH]c(=O)[nH]c3cc21. The molecule has 32 heavy (non-hydrogen) atoms. The van der Waals surface area contributed by atoms with Crippen molar-refractivity contribution >= 4 is 29.2 Å². The van der Waals surface area contributed by atoms with Gasteiger partial charge in [-0.2, -0.15) is 0 Å². The Morgan fingerprint density at radius 1 is 0.938 bits per heavy atom. The lowest BCUT2D eigenvalue weighted by Crippen LogP contribution is -2.53. The fourth-order valence-corrected chi connectivity index (χ4v) is 5.80. The molecule has 2 aromatic carbocycles. The zero-order valence-corrected chi connectivity index (χ0v) is 18.8. The van der Waals surface area contributed by atoms with Gasteiger partial charge >= 0.3 is 5.69 Å². The Kier molecular flexibility index (Phi) is 5.38. The summed E-state index contributed by atoms with van der Waals surface area (Å²) in [6.45, 7) is 1.93. The number of nitrogens with zero attached hydrogens (tertiary/aromatic N) is 1. The minimum Gasteiger partial charge on any atom is -0.486 e. The molecule has 2 N–H and O–H groups in total. The Balaban J connectivity index is 0.00000216. The summed E-state index contributed by atoms with van der Waals surface area (Å²) in [7, 11) is 0. The molecule has 0 atom stereocenters. The Hall–Kier alpha value is -2.57. The second kappa shape index (κ2) is 8.09. The van der Waals surface area contributed by atoms with Crippen molar-refractivity contribution in [2.24, 2.45) is 0 Å². The molecule has 168 valence electrons. The Bertz CT molecular complexity index is 1200. The van der Waals surface area contributed by atoms with Crippen molar-refractivity contribution in [2.75, 3.05) is 13.1 Å². The van der Waals surface area contributed by atoms with Gasteiger partial charge in [0.1, 0.15) is 11.4 Å². The van der Waals surface area contributed by atoms with Gasteiger partial charge in [-0.25, -0.2) is 4.79 Å². The van der Waals surface area contributed by atoms with Crippen molar-refractivity contribution in [3.8, 4) is 5.75 Å². The number of halogens is 1. The molecular formula is C25H28ClN3O3. The number of H-pyrrole nitrogens is 2. The minimum absolute atomic E-state index is 0. The highest BCUT2D eigenvalue weighted by atomic mass is 35.5. The first-order valence-corrected chi connectivity index (χ1v) is 11.4. The molecule has 1 aromatic heterocycles. The van der Waals surface area contributed by atoms with E-state index in [9.17, 15) is 9.59 Å². The van der Waals surface area contributed by atoms with Gasteiger partial charge in [0.2, 0.25) is 0 Å². The maximum absolute atomic E-state index is 13.0. The number of carbonyl (C=O) groups is 1. The van der Waals surface area contributed by atoms with Gasteiger partial charge in [0.05, 0.1) is 23.0 Å². The second-order valence-electron chi connectivity index (χ2n) is 9.39. The quantitative estimate of drug-likeness (QED) is 0.545. The van der Waals surface area contributed by atoms with Gasteiger partial charge in [0, 0.05) is 38.0 Å². The molecule has 0 bridgehead atoms. The van der Waals surface area contributed by atoms with E-state index in [0.717, 1.165) is 38.8 Å². The van der Waals surface area contributed by atoms with E-state index in [0.29, 0.717) is 34.8 Å². The molecule has 1 fully saturated rings. The van der Waals surface area contributed by atoms with E-state index in [1.807, 2.05) is 0 Å². The van der Waals surface area contributed by atoms with Crippen LogP contribution in [0.15, 0.2) is 41.2 Å². The predicted octanol–water partition coefficient (Wildman–Crippen LogP) is 4.03. The lowest BCUT2D eigenvalue weighted by atomic mass is 9.81. The van der Waals surface area contributed by atoms with Crippen LogP contribution in [0.3, 0.4) is 0 Å². The molecule has 3 heterocycles. The van der Waals surface area contributed by atoms with Crippen LogP contribution in [0.4, 0.5) is 0 Å². The van der Waals surface area contributed by atoms with Crippen molar-refractivity contribution in [3.63, 3.8) is 0 Å². The lowest BCUT2D eigenvalue weighted by molar-refractivity contribution is -0.0200. The normalized spacial score (nSPS) is 20.8. The summed E-state index contributed by atoms with van der Waals surface area (Å²) in [6.07, 6.45) is 6.85. The monoisotopic (exact) mass is 453 g/mol. The van der Waals surface area contributed by atoms with Gasteiger partial charge in [0.15, 0.2) is 5.78 Å². The Morgan fingerprint density at radius 2 is 1.56 bits per heavy atom. The van der Waals surface area contributed by atoms with Crippen LogP contribution >= 0.6 is 12.4 Å². The van der Waals surface area contributed by atoms with Crippen molar-refractivity contribution in [1.82, 2.24) is 14.9 Å². The summed E-state index contributed by atoms with van der Waals surface area (Å²) in [4.78, 5) is 32.7. The van der Waals surface area contributed by atoms with E-state index in [4.69, 9.17) is 4.74 Å². The number of carbonyl (C=O) groups excluding carboxylic acids is 1. The van der Waals surface area contributed by atoms with Crippen LogP contribution in [0, 0.1) is 0 Å². The third-order valence-corrected chi connectivity index (χ3v) is 7.56. The van der Waals surface area contributed by atoms with E-state index in [2.05, 4.69) is 39.1 Å². The number of fused-ring (bicyclic) bond motifs is 3. The first-order valence-electron chi connectivity index (χ1n) is 11.4. The zero-order valence-electron chi connectivity index (χ0n) is 18.0. The lowest BCUT2D eigenvalue weighted by Gasteiger charge is -2.46. The molecule has 0 unspecified atom stereocenters. The van der Waals surface area contributed by atoms with Crippen LogP contribution in [-0.2, 0) is 12.8 Å². The standard InChI is InChI=1S/C25H27N3O3.ClH/c29-22-15-25(31-23-14-21-20(13-19(22)23)26-24(30)27-21)9-11-28(12-10-25)18-7-5-16-3-1-2-4-17(16)6-8-18;/h1-4,13-14,18H,5-12,15H2,(H2,26,27,30);1H. The highest BCUT2D eigenvalue weighted by molar-refractivity contribution is 6.03. The molecule has 7 heteroatoms. The summed E-state index contributed by atoms with van der Waals surface area (Å²) < 4.78 is 6.48. The van der Waals surface area contributed by atoms with E-state index in [-0.39, 0.29) is 23.9 Å². The van der Waals surface area contributed by atoms with Crippen LogP contribution in [0.1, 0.15) is 53.6 Å². The molecule has 3 aliphatic rings. The fraction of sp³-hybridized carbons (Fsp3) is 0.440. The van der Waals surface area contributed by atoms with Crippen molar-refractivity contribution in [2.45, 2.75) is 56.6 Å². The number of aromatic nitrogens is 2. The number of hydrogen-bond acceptors (Lipinski definition) is 4. The van der Waals surface area contributed by atoms with Gasteiger partial charge in [-0.3, -0.25) is 4.79 Å². The van der Waals surface area contributed by atoms with Crippen molar-refractivity contribution < 1.29 is 9.53 Å². The van der Waals surface area contributed by atoms with Crippen LogP contribution < -0.4 is 10.4 Å². The summed E-state index contributed by atoms with van der Waals surface area (Å²) in [5.41, 5.74) is 4.25. The number of ether oxygens (including phenoxy) is 1. The number of nitrogens with one attached hydrogen (secondary N) is 2. The number of aryl methyl sites for hydroxylation is 2. The summed E-state index contributed by atoms with van der Waals surface area (Å²) >= 11 is 0. The number of imidazole rings is 1. The maximum atomic E-state index is 13.0. The van der Waals surface area contributed by atoms with E-state index < -0.39 is 5.60 Å². The molecule has 1 spiro atoms. The van der Waals surface area contributed by atoms with E-state index in [1.165, 1.54) is 24.0 Å². The van der Waals surface area contributed by atoms with Gasteiger partial charge < -0.3 is 19.6 Å².